The predicted octanol–water partition coefficient (Wildman–Crippen LogP) is 2.70. The van der Waals surface area contributed by atoms with Gasteiger partial charge in [-0.2, -0.15) is 5.26 Å². The summed E-state index contributed by atoms with van der Waals surface area (Å²) in [5.74, 6) is -1.02. The summed E-state index contributed by atoms with van der Waals surface area (Å²) in [5.41, 5.74) is 0.406. The van der Waals surface area contributed by atoms with Crippen LogP contribution in [0.2, 0.25) is 5.02 Å². The first-order chi connectivity index (χ1) is 11.6. The van der Waals surface area contributed by atoms with Gasteiger partial charge >= 0.3 is 0 Å². The molecule has 2 rings (SSSR count). The summed E-state index contributed by atoms with van der Waals surface area (Å²) in [7, 11) is 0. The van der Waals surface area contributed by atoms with Crippen molar-refractivity contribution < 1.29 is 9.18 Å². The Morgan fingerprint density at radius 3 is 2.96 bits per heavy atom. The van der Waals surface area contributed by atoms with E-state index in [4.69, 9.17) is 16.9 Å². The summed E-state index contributed by atoms with van der Waals surface area (Å²) < 4.78 is 13.5. The summed E-state index contributed by atoms with van der Waals surface area (Å²) in [4.78, 5) is 20.1. The van der Waals surface area contributed by atoms with Crippen LogP contribution >= 0.6 is 23.4 Å². The summed E-state index contributed by atoms with van der Waals surface area (Å²) in [6, 6.07) is 6.11. The first-order valence-electron chi connectivity index (χ1n) is 6.84. The summed E-state index contributed by atoms with van der Waals surface area (Å²) >= 11 is 7.23. The number of aromatic nitrogens is 2. The maximum atomic E-state index is 13.5. The minimum absolute atomic E-state index is 0.0627. The zero-order valence-corrected chi connectivity index (χ0v) is 14.2. The number of carbonyl (C=O) groups excluding carboxylic acids is 1. The van der Waals surface area contributed by atoms with Gasteiger partial charge in [0.05, 0.1) is 16.9 Å². The van der Waals surface area contributed by atoms with Gasteiger partial charge < -0.3 is 10.6 Å². The van der Waals surface area contributed by atoms with Crippen LogP contribution in [-0.4, -0.2) is 35.2 Å². The van der Waals surface area contributed by atoms with Crippen LogP contribution in [0.5, 0.6) is 0 Å². The molecule has 1 amide bonds. The maximum Gasteiger partial charge on any atom is 0.271 e. The Morgan fingerprint density at radius 1 is 1.46 bits per heavy atom. The lowest BCUT2D eigenvalue weighted by Gasteiger charge is -2.10. The van der Waals surface area contributed by atoms with Gasteiger partial charge in [-0.1, -0.05) is 29.4 Å². The number of anilines is 1. The van der Waals surface area contributed by atoms with Crippen molar-refractivity contribution in [2.24, 2.45) is 0 Å². The van der Waals surface area contributed by atoms with Gasteiger partial charge in [0.2, 0.25) is 0 Å². The molecule has 1 aromatic heterocycles. The van der Waals surface area contributed by atoms with E-state index in [1.54, 1.807) is 18.4 Å². The van der Waals surface area contributed by atoms with Crippen LogP contribution in [0.4, 0.5) is 10.1 Å². The molecule has 24 heavy (non-hydrogen) atoms. The van der Waals surface area contributed by atoms with Crippen molar-refractivity contribution in [3.63, 3.8) is 0 Å². The molecule has 0 bridgehead atoms. The van der Waals surface area contributed by atoms with Gasteiger partial charge in [0, 0.05) is 13.1 Å². The molecule has 0 aliphatic carbocycles. The van der Waals surface area contributed by atoms with E-state index in [0.717, 1.165) is 0 Å². The summed E-state index contributed by atoms with van der Waals surface area (Å²) in [5, 5.41) is 15.1. The number of amides is 1. The van der Waals surface area contributed by atoms with Crippen molar-refractivity contribution in [2.45, 2.75) is 5.16 Å². The van der Waals surface area contributed by atoms with E-state index in [0.29, 0.717) is 17.4 Å². The molecule has 0 aliphatic heterocycles. The molecule has 0 saturated carbocycles. The highest BCUT2D eigenvalue weighted by Crippen LogP contribution is 2.18. The predicted molar refractivity (Wildman–Crippen MR) is 90.8 cm³/mol. The molecule has 124 valence electrons. The van der Waals surface area contributed by atoms with Crippen molar-refractivity contribution >= 4 is 35.0 Å². The Morgan fingerprint density at radius 2 is 2.25 bits per heavy atom. The van der Waals surface area contributed by atoms with Gasteiger partial charge in [0.25, 0.3) is 5.91 Å². The number of rotatable bonds is 6. The Hall–Kier alpha value is -2.37. The molecule has 9 heteroatoms. The Balaban J connectivity index is 1.92. The number of hydrogen-bond donors (Lipinski definition) is 2. The quantitative estimate of drug-likeness (QED) is 0.464. The lowest BCUT2D eigenvalue weighted by atomic mass is 10.2. The molecular weight excluding hydrogens is 353 g/mol. The third-order valence-electron chi connectivity index (χ3n) is 2.97. The monoisotopic (exact) mass is 365 g/mol. The number of halogens is 2. The number of thioether (sulfide) groups is 1. The fourth-order valence-electron chi connectivity index (χ4n) is 1.85. The minimum Gasteiger partial charge on any atom is -0.382 e. The van der Waals surface area contributed by atoms with Crippen molar-refractivity contribution in [2.75, 3.05) is 24.7 Å². The van der Waals surface area contributed by atoms with E-state index in [-0.39, 0.29) is 22.8 Å². The van der Waals surface area contributed by atoms with Crippen molar-refractivity contribution in [3.05, 3.63) is 46.5 Å². The van der Waals surface area contributed by atoms with Gasteiger partial charge in [-0.3, -0.25) is 4.79 Å². The van der Waals surface area contributed by atoms with E-state index in [1.165, 1.54) is 30.1 Å². The van der Waals surface area contributed by atoms with E-state index in [1.807, 2.05) is 0 Å². The smallest absolute Gasteiger partial charge is 0.271 e. The van der Waals surface area contributed by atoms with Crippen LogP contribution in [0.15, 0.2) is 29.6 Å². The average molecular weight is 366 g/mol. The fourth-order valence-corrected chi connectivity index (χ4v) is 2.37. The molecule has 0 unspecified atom stereocenters. The molecule has 0 aliphatic rings. The highest BCUT2D eigenvalue weighted by Gasteiger charge is 2.13. The van der Waals surface area contributed by atoms with Crippen LogP contribution < -0.4 is 10.6 Å². The van der Waals surface area contributed by atoms with Crippen LogP contribution in [0.3, 0.4) is 0 Å². The molecular formula is C15H13ClFN5OS. The Kier molecular flexibility index (Phi) is 6.35. The lowest BCUT2D eigenvalue weighted by Crippen LogP contribution is -2.30. The number of nitriles is 1. The molecule has 0 spiro atoms. The van der Waals surface area contributed by atoms with Gasteiger partial charge in [-0.05, 0) is 18.4 Å². The van der Waals surface area contributed by atoms with Gasteiger partial charge in [-0.25, -0.2) is 14.4 Å². The number of benzene rings is 1. The highest BCUT2D eigenvalue weighted by molar-refractivity contribution is 7.98. The van der Waals surface area contributed by atoms with Crippen molar-refractivity contribution in [1.29, 1.82) is 5.26 Å². The lowest BCUT2D eigenvalue weighted by molar-refractivity contribution is 0.0949. The average Bonchev–Trinajstić information content (AvgIpc) is 2.59. The second-order valence-corrected chi connectivity index (χ2v) is 5.69. The second-order valence-electron chi connectivity index (χ2n) is 4.51. The Bertz CT molecular complexity index is 796. The standard InChI is InChI=1S/C15H13ClFN5OS/c1-24-15-21-8-10(16)13(22-15)14(23)20-6-5-19-12-4-2-3-11(17)9(12)7-18/h2-4,8,19H,5-6H2,1H3,(H,20,23). The van der Waals surface area contributed by atoms with Crippen LogP contribution in [0.1, 0.15) is 16.1 Å². The molecule has 1 heterocycles. The molecule has 1 aromatic carbocycles. The first-order valence-corrected chi connectivity index (χ1v) is 8.44. The molecule has 0 radical (unpaired) electrons. The minimum atomic E-state index is -0.594. The number of nitrogens with one attached hydrogen (secondary N) is 2. The third-order valence-corrected chi connectivity index (χ3v) is 3.81. The van der Waals surface area contributed by atoms with E-state index in [2.05, 4.69) is 20.6 Å². The highest BCUT2D eigenvalue weighted by atomic mass is 35.5. The number of nitrogens with zero attached hydrogens (tertiary/aromatic N) is 3. The van der Waals surface area contributed by atoms with Gasteiger partial charge in [-0.15, -0.1) is 0 Å². The molecule has 0 fully saturated rings. The Labute approximate surface area is 147 Å². The van der Waals surface area contributed by atoms with E-state index < -0.39 is 11.7 Å². The zero-order valence-electron chi connectivity index (χ0n) is 12.6. The molecule has 2 N–H and O–H groups in total. The zero-order chi connectivity index (χ0) is 17.5. The second kappa shape index (κ2) is 8.47. The normalized spacial score (nSPS) is 10.1. The summed E-state index contributed by atoms with van der Waals surface area (Å²) in [6.45, 7) is 0.553. The van der Waals surface area contributed by atoms with Crippen molar-refractivity contribution in [1.82, 2.24) is 15.3 Å². The van der Waals surface area contributed by atoms with Crippen LogP contribution in [0, 0.1) is 17.1 Å². The third kappa shape index (κ3) is 4.34. The topological polar surface area (TPSA) is 90.7 Å². The fraction of sp³-hybridized carbons (Fsp3) is 0.200. The molecule has 0 atom stereocenters. The molecule has 2 aromatic rings. The SMILES string of the molecule is CSc1ncc(Cl)c(C(=O)NCCNc2cccc(F)c2C#N)n1. The maximum absolute atomic E-state index is 13.5. The first kappa shape index (κ1) is 18.0. The van der Waals surface area contributed by atoms with Crippen LogP contribution in [-0.2, 0) is 0 Å². The van der Waals surface area contributed by atoms with Crippen molar-refractivity contribution in [3.8, 4) is 6.07 Å². The largest absolute Gasteiger partial charge is 0.382 e. The number of hydrogen-bond acceptors (Lipinski definition) is 6. The van der Waals surface area contributed by atoms with E-state index >= 15 is 0 Å². The molecule has 6 nitrogen and oxygen atoms in total. The molecule has 0 saturated heterocycles. The summed E-state index contributed by atoms with van der Waals surface area (Å²) in [6.07, 6.45) is 3.17. The van der Waals surface area contributed by atoms with Gasteiger partial charge in [0.1, 0.15) is 17.4 Å². The van der Waals surface area contributed by atoms with E-state index in [9.17, 15) is 9.18 Å². The van der Waals surface area contributed by atoms with Gasteiger partial charge in [0.15, 0.2) is 10.9 Å². The number of carbonyl (C=O) groups is 1. The van der Waals surface area contributed by atoms with Crippen LogP contribution in [0.25, 0.3) is 0 Å².